The number of nitrogens with zero attached hydrogens (tertiary/aromatic N) is 1. The zero-order valence-electron chi connectivity index (χ0n) is 18.3. The predicted molar refractivity (Wildman–Crippen MR) is 124 cm³/mol. The van der Waals surface area contributed by atoms with Gasteiger partial charge in [-0.3, -0.25) is 4.79 Å². The topological polar surface area (TPSA) is 73.5 Å². The number of carbonyl (C=O) groups excluding carboxylic acids is 2. The molecule has 0 bridgehead atoms. The van der Waals surface area contributed by atoms with Crippen molar-refractivity contribution in [2.45, 2.75) is 52.5 Å². The van der Waals surface area contributed by atoms with Gasteiger partial charge in [-0.2, -0.15) is 0 Å². The lowest BCUT2D eigenvalue weighted by molar-refractivity contribution is 0.0943. The molecule has 0 saturated carbocycles. The Labute approximate surface area is 179 Å². The molecule has 30 heavy (non-hydrogen) atoms. The van der Waals surface area contributed by atoms with E-state index in [1.54, 1.807) is 6.07 Å². The lowest BCUT2D eigenvalue weighted by atomic mass is 10.0. The summed E-state index contributed by atoms with van der Waals surface area (Å²) in [7, 11) is 0. The van der Waals surface area contributed by atoms with Gasteiger partial charge in [0.1, 0.15) is 0 Å². The smallest absolute Gasteiger partial charge is 0.323 e. The third-order valence-corrected chi connectivity index (χ3v) is 5.20. The Morgan fingerprint density at radius 1 is 0.867 bits per heavy atom. The third kappa shape index (κ3) is 5.53. The van der Waals surface area contributed by atoms with Gasteiger partial charge in [0.05, 0.1) is 5.56 Å². The fourth-order valence-corrected chi connectivity index (χ4v) is 3.61. The number of carbonyl (C=O) groups is 2. The first kappa shape index (κ1) is 21.7. The molecule has 3 rings (SSSR count). The third-order valence-electron chi connectivity index (χ3n) is 5.20. The minimum atomic E-state index is -0.337. The number of benzene rings is 2. The summed E-state index contributed by atoms with van der Waals surface area (Å²) in [6, 6.07) is 13.1. The van der Waals surface area contributed by atoms with Gasteiger partial charge in [0.2, 0.25) is 0 Å². The summed E-state index contributed by atoms with van der Waals surface area (Å²) in [6.45, 7) is 10.0. The largest absolute Gasteiger partial charge is 0.371 e. The molecule has 6 heteroatoms. The lowest BCUT2D eigenvalue weighted by Crippen LogP contribution is -2.32. The predicted octanol–water partition coefficient (Wildman–Crippen LogP) is 5.19. The van der Waals surface area contributed by atoms with Crippen LogP contribution in [0.5, 0.6) is 0 Å². The standard InChI is InChI=1S/C24H32N4O2/c1-16(2)18-7-9-19(10-8-18)26-24(30)27-20-11-12-22(28-13-5-6-14-28)21(15-20)23(29)25-17(3)4/h7-12,15-17H,5-6,13-14H2,1-4H3,(H,25,29)(H2,26,27,30). The SMILES string of the molecule is CC(C)NC(=O)c1cc(NC(=O)Nc2ccc(C(C)C)cc2)ccc1N1CCCC1. The minimum absolute atomic E-state index is 0.0395. The fourth-order valence-electron chi connectivity index (χ4n) is 3.61. The molecule has 1 saturated heterocycles. The molecule has 1 heterocycles. The van der Waals surface area contributed by atoms with Crippen LogP contribution in [0.25, 0.3) is 0 Å². The summed E-state index contributed by atoms with van der Waals surface area (Å²) in [5, 5.41) is 8.66. The number of nitrogens with one attached hydrogen (secondary N) is 3. The van der Waals surface area contributed by atoms with Crippen molar-refractivity contribution in [2.75, 3.05) is 28.6 Å². The maximum Gasteiger partial charge on any atom is 0.323 e. The molecule has 3 amide bonds. The van der Waals surface area contributed by atoms with Gasteiger partial charge in [-0.1, -0.05) is 26.0 Å². The Morgan fingerprint density at radius 3 is 2.07 bits per heavy atom. The van der Waals surface area contributed by atoms with Crippen molar-refractivity contribution in [2.24, 2.45) is 0 Å². The second-order valence-electron chi connectivity index (χ2n) is 8.41. The second kappa shape index (κ2) is 9.65. The molecule has 0 atom stereocenters. The van der Waals surface area contributed by atoms with Crippen LogP contribution in [0.2, 0.25) is 0 Å². The highest BCUT2D eigenvalue weighted by Crippen LogP contribution is 2.28. The molecule has 160 valence electrons. The van der Waals surface area contributed by atoms with E-state index in [1.165, 1.54) is 5.56 Å². The van der Waals surface area contributed by atoms with Crippen molar-refractivity contribution in [3.05, 3.63) is 53.6 Å². The highest BCUT2D eigenvalue weighted by molar-refractivity contribution is 6.04. The molecule has 0 aromatic heterocycles. The molecule has 1 aliphatic rings. The van der Waals surface area contributed by atoms with E-state index in [0.717, 1.165) is 37.3 Å². The fraction of sp³-hybridized carbons (Fsp3) is 0.417. The lowest BCUT2D eigenvalue weighted by Gasteiger charge is -2.22. The van der Waals surface area contributed by atoms with Gasteiger partial charge in [-0.15, -0.1) is 0 Å². The molecule has 1 fully saturated rings. The molecule has 0 unspecified atom stereocenters. The van der Waals surface area contributed by atoms with E-state index in [-0.39, 0.29) is 18.0 Å². The Hall–Kier alpha value is -3.02. The van der Waals surface area contributed by atoms with Crippen LogP contribution in [0.1, 0.15) is 62.4 Å². The Balaban J connectivity index is 1.74. The van der Waals surface area contributed by atoms with Gasteiger partial charge in [0.15, 0.2) is 0 Å². The number of rotatable bonds is 6. The number of anilines is 3. The highest BCUT2D eigenvalue weighted by Gasteiger charge is 2.21. The quantitative estimate of drug-likeness (QED) is 0.616. The van der Waals surface area contributed by atoms with Crippen molar-refractivity contribution in [3.63, 3.8) is 0 Å². The average molecular weight is 409 g/mol. The van der Waals surface area contributed by atoms with Crippen molar-refractivity contribution in [3.8, 4) is 0 Å². The highest BCUT2D eigenvalue weighted by atomic mass is 16.2. The van der Waals surface area contributed by atoms with Crippen LogP contribution in [0.3, 0.4) is 0 Å². The maximum atomic E-state index is 12.8. The minimum Gasteiger partial charge on any atom is -0.371 e. The Bertz CT molecular complexity index is 885. The molecule has 2 aromatic carbocycles. The number of amides is 3. The summed E-state index contributed by atoms with van der Waals surface area (Å²) >= 11 is 0. The second-order valence-corrected chi connectivity index (χ2v) is 8.41. The van der Waals surface area contributed by atoms with Crippen LogP contribution in [0.15, 0.2) is 42.5 Å². The number of hydrogen-bond acceptors (Lipinski definition) is 3. The van der Waals surface area contributed by atoms with E-state index in [0.29, 0.717) is 17.2 Å². The zero-order valence-corrected chi connectivity index (χ0v) is 18.3. The van der Waals surface area contributed by atoms with Gasteiger partial charge >= 0.3 is 6.03 Å². The van der Waals surface area contributed by atoms with E-state index in [2.05, 4.69) is 34.7 Å². The summed E-state index contributed by atoms with van der Waals surface area (Å²) in [6.07, 6.45) is 2.26. The first-order chi connectivity index (χ1) is 14.3. The molecule has 0 spiro atoms. The van der Waals surface area contributed by atoms with Gasteiger partial charge in [0, 0.05) is 36.2 Å². The van der Waals surface area contributed by atoms with Gasteiger partial charge < -0.3 is 20.9 Å². The molecule has 0 aliphatic carbocycles. The van der Waals surface area contributed by atoms with E-state index < -0.39 is 0 Å². The molecule has 2 aromatic rings. The van der Waals surface area contributed by atoms with E-state index in [1.807, 2.05) is 50.2 Å². The zero-order chi connectivity index (χ0) is 21.7. The normalized spacial score (nSPS) is 13.6. The van der Waals surface area contributed by atoms with E-state index in [9.17, 15) is 9.59 Å². The monoisotopic (exact) mass is 408 g/mol. The molecule has 1 aliphatic heterocycles. The van der Waals surface area contributed by atoms with Crippen LogP contribution in [-0.2, 0) is 0 Å². The van der Waals surface area contributed by atoms with Crippen LogP contribution >= 0.6 is 0 Å². The summed E-state index contributed by atoms with van der Waals surface area (Å²) < 4.78 is 0. The van der Waals surface area contributed by atoms with Gasteiger partial charge in [-0.05, 0) is 68.5 Å². The maximum absolute atomic E-state index is 12.8. The van der Waals surface area contributed by atoms with E-state index in [4.69, 9.17) is 0 Å². The average Bonchev–Trinajstić information content (AvgIpc) is 3.22. The Morgan fingerprint density at radius 2 is 1.47 bits per heavy atom. The summed E-state index contributed by atoms with van der Waals surface area (Å²) in [5.74, 6) is 0.317. The number of hydrogen-bond donors (Lipinski definition) is 3. The molecule has 0 radical (unpaired) electrons. The van der Waals surface area contributed by atoms with Crippen molar-refractivity contribution >= 4 is 29.0 Å². The van der Waals surface area contributed by atoms with E-state index >= 15 is 0 Å². The van der Waals surface area contributed by atoms with Crippen LogP contribution in [-0.4, -0.2) is 31.1 Å². The van der Waals surface area contributed by atoms with Crippen molar-refractivity contribution in [1.82, 2.24) is 5.32 Å². The van der Waals surface area contributed by atoms with Crippen LogP contribution in [0, 0.1) is 0 Å². The summed E-state index contributed by atoms with van der Waals surface area (Å²) in [5.41, 5.74) is 4.04. The first-order valence-corrected chi connectivity index (χ1v) is 10.7. The molecule has 6 nitrogen and oxygen atoms in total. The van der Waals surface area contributed by atoms with Crippen LogP contribution < -0.4 is 20.9 Å². The molecule has 3 N–H and O–H groups in total. The molecular formula is C24H32N4O2. The van der Waals surface area contributed by atoms with Crippen LogP contribution in [0.4, 0.5) is 21.9 Å². The first-order valence-electron chi connectivity index (χ1n) is 10.7. The Kier molecular flexibility index (Phi) is 6.98. The molecular weight excluding hydrogens is 376 g/mol. The van der Waals surface area contributed by atoms with Crippen molar-refractivity contribution < 1.29 is 9.59 Å². The number of urea groups is 1. The van der Waals surface area contributed by atoms with Crippen molar-refractivity contribution in [1.29, 1.82) is 0 Å². The summed E-state index contributed by atoms with van der Waals surface area (Å²) in [4.78, 5) is 27.5. The van der Waals surface area contributed by atoms with Gasteiger partial charge in [-0.25, -0.2) is 4.79 Å². The van der Waals surface area contributed by atoms with Gasteiger partial charge in [0.25, 0.3) is 5.91 Å².